The van der Waals surface area contributed by atoms with Crippen LogP contribution in [0.3, 0.4) is 0 Å². The highest BCUT2D eigenvalue weighted by atomic mass is 35.5. The summed E-state index contributed by atoms with van der Waals surface area (Å²) in [6.07, 6.45) is 2.91. The predicted molar refractivity (Wildman–Crippen MR) is 111 cm³/mol. The van der Waals surface area contributed by atoms with Gasteiger partial charge in [0.2, 0.25) is 0 Å². The van der Waals surface area contributed by atoms with Gasteiger partial charge in [0, 0.05) is 34.6 Å². The number of benzene rings is 2. The second-order valence-corrected chi connectivity index (χ2v) is 7.71. The fraction of sp³-hybridized carbons (Fsp3) is 0.250. The fourth-order valence-electron chi connectivity index (χ4n) is 2.67. The molecule has 0 N–H and O–H groups in total. The normalized spacial score (nSPS) is 14.6. The summed E-state index contributed by atoms with van der Waals surface area (Å²) in [4.78, 5) is 15.5. The van der Waals surface area contributed by atoms with Crippen molar-refractivity contribution in [1.29, 1.82) is 0 Å². The number of anilines is 1. The van der Waals surface area contributed by atoms with Crippen LogP contribution in [0.25, 0.3) is 6.08 Å². The van der Waals surface area contributed by atoms with Crippen LogP contribution in [-0.2, 0) is 14.3 Å². The molecule has 0 atom stereocenters. The van der Waals surface area contributed by atoms with Crippen LogP contribution in [0.15, 0.2) is 52.3 Å². The molecule has 142 valence electrons. The third-order valence-corrected chi connectivity index (χ3v) is 6.16. The van der Waals surface area contributed by atoms with E-state index in [9.17, 15) is 4.79 Å². The van der Waals surface area contributed by atoms with Gasteiger partial charge in [0.05, 0.1) is 30.4 Å². The van der Waals surface area contributed by atoms with E-state index in [0.29, 0.717) is 15.6 Å². The van der Waals surface area contributed by atoms with Crippen molar-refractivity contribution in [2.24, 2.45) is 0 Å². The first-order valence-corrected chi connectivity index (χ1v) is 10.0. The van der Waals surface area contributed by atoms with Crippen molar-refractivity contribution in [3.05, 3.63) is 58.1 Å². The lowest BCUT2D eigenvalue weighted by molar-refractivity contribution is -0.134. The zero-order chi connectivity index (χ0) is 19.2. The van der Waals surface area contributed by atoms with Gasteiger partial charge in [-0.3, -0.25) is 0 Å². The van der Waals surface area contributed by atoms with E-state index in [1.54, 1.807) is 17.8 Å². The number of carbonyl (C=O) groups excluding carboxylic acids is 1. The third kappa shape index (κ3) is 5.20. The quantitative estimate of drug-likeness (QED) is 0.489. The summed E-state index contributed by atoms with van der Waals surface area (Å²) < 4.78 is 10.0. The Morgan fingerprint density at radius 1 is 1.19 bits per heavy atom. The maximum Gasteiger partial charge on any atom is 0.330 e. The second kappa shape index (κ2) is 9.51. The van der Waals surface area contributed by atoms with E-state index in [0.717, 1.165) is 36.1 Å². The number of carbonyl (C=O) groups is 1. The Morgan fingerprint density at radius 3 is 2.70 bits per heavy atom. The maximum absolute atomic E-state index is 11.3. The zero-order valence-electron chi connectivity index (χ0n) is 14.8. The predicted octanol–water partition coefficient (Wildman–Crippen LogP) is 5.17. The molecule has 27 heavy (non-hydrogen) atoms. The van der Waals surface area contributed by atoms with Crippen LogP contribution in [0.2, 0.25) is 10.0 Å². The average molecular weight is 424 g/mol. The van der Waals surface area contributed by atoms with Gasteiger partial charge in [-0.2, -0.15) is 0 Å². The first-order valence-electron chi connectivity index (χ1n) is 8.43. The van der Waals surface area contributed by atoms with E-state index in [1.807, 2.05) is 24.3 Å². The molecular formula is C20H19Cl2NO3S. The number of halogens is 2. The van der Waals surface area contributed by atoms with Crippen LogP contribution in [0, 0.1) is 0 Å². The molecule has 1 fully saturated rings. The van der Waals surface area contributed by atoms with Gasteiger partial charge in [0.15, 0.2) is 0 Å². The average Bonchev–Trinajstić information content (AvgIpc) is 2.71. The highest BCUT2D eigenvalue weighted by Gasteiger charge is 2.13. The van der Waals surface area contributed by atoms with Gasteiger partial charge in [0.25, 0.3) is 0 Å². The molecule has 1 heterocycles. The zero-order valence-corrected chi connectivity index (χ0v) is 17.1. The lowest BCUT2D eigenvalue weighted by Crippen LogP contribution is -2.36. The largest absolute Gasteiger partial charge is 0.466 e. The summed E-state index contributed by atoms with van der Waals surface area (Å²) in [7, 11) is 1.33. The second-order valence-electron chi connectivity index (χ2n) is 5.84. The molecule has 0 bridgehead atoms. The standard InChI is InChI=1S/C20H19Cl2NO3S/c1-25-18(24)8-6-14-5-7-17(20(22)19(14)21)27-16-4-2-3-15(13-16)23-9-11-26-12-10-23/h2-8,13H,9-12H2,1H3/b8-6+. The number of methoxy groups -OCH3 is 1. The van der Waals surface area contributed by atoms with Gasteiger partial charge in [-0.1, -0.05) is 47.1 Å². The van der Waals surface area contributed by atoms with Crippen molar-refractivity contribution >= 4 is 52.7 Å². The minimum Gasteiger partial charge on any atom is -0.466 e. The number of ether oxygens (including phenoxy) is 2. The first-order chi connectivity index (χ1) is 13.1. The minimum absolute atomic E-state index is 0.408. The molecule has 1 saturated heterocycles. The van der Waals surface area contributed by atoms with Gasteiger partial charge < -0.3 is 14.4 Å². The van der Waals surface area contributed by atoms with E-state index in [1.165, 1.54) is 18.9 Å². The Bertz CT molecular complexity index is 851. The molecule has 1 aliphatic heterocycles. The Labute approximate surface area is 173 Å². The van der Waals surface area contributed by atoms with Crippen LogP contribution < -0.4 is 4.90 Å². The van der Waals surface area contributed by atoms with E-state index in [-0.39, 0.29) is 0 Å². The van der Waals surface area contributed by atoms with Crippen molar-refractivity contribution in [1.82, 2.24) is 0 Å². The number of esters is 1. The first kappa shape index (κ1) is 20.1. The minimum atomic E-state index is -0.444. The van der Waals surface area contributed by atoms with Gasteiger partial charge in [-0.15, -0.1) is 0 Å². The summed E-state index contributed by atoms with van der Waals surface area (Å²) >= 11 is 14.4. The molecule has 7 heteroatoms. The van der Waals surface area contributed by atoms with Crippen LogP contribution in [-0.4, -0.2) is 39.4 Å². The summed E-state index contributed by atoms with van der Waals surface area (Å²) in [6, 6.07) is 12.1. The van der Waals surface area contributed by atoms with Crippen molar-refractivity contribution in [2.45, 2.75) is 9.79 Å². The number of hydrogen-bond acceptors (Lipinski definition) is 5. The van der Waals surface area contributed by atoms with E-state index >= 15 is 0 Å². The molecule has 0 radical (unpaired) electrons. The summed E-state index contributed by atoms with van der Waals surface area (Å²) in [5, 5.41) is 0.872. The molecule has 0 unspecified atom stereocenters. The smallest absolute Gasteiger partial charge is 0.330 e. The Hall–Kier alpha value is -1.66. The Morgan fingerprint density at radius 2 is 1.96 bits per heavy atom. The Balaban J connectivity index is 1.78. The maximum atomic E-state index is 11.3. The third-order valence-electron chi connectivity index (χ3n) is 4.10. The van der Waals surface area contributed by atoms with Crippen molar-refractivity contribution < 1.29 is 14.3 Å². The van der Waals surface area contributed by atoms with Gasteiger partial charge in [-0.05, 0) is 35.9 Å². The highest BCUT2D eigenvalue weighted by Crippen LogP contribution is 2.40. The van der Waals surface area contributed by atoms with Crippen molar-refractivity contribution in [3.63, 3.8) is 0 Å². The number of nitrogens with zero attached hydrogens (tertiary/aromatic N) is 1. The van der Waals surface area contributed by atoms with Crippen LogP contribution >= 0.6 is 35.0 Å². The number of rotatable bonds is 5. The van der Waals surface area contributed by atoms with Crippen LogP contribution in [0.1, 0.15) is 5.56 Å². The molecule has 0 aromatic heterocycles. The van der Waals surface area contributed by atoms with E-state index in [4.69, 9.17) is 27.9 Å². The molecule has 1 aliphatic rings. The SMILES string of the molecule is COC(=O)/C=C/c1ccc(Sc2cccc(N3CCOCC3)c2)c(Cl)c1Cl. The van der Waals surface area contributed by atoms with E-state index < -0.39 is 5.97 Å². The summed E-state index contributed by atoms with van der Waals surface area (Å²) in [6.45, 7) is 3.28. The van der Waals surface area contributed by atoms with Crippen molar-refractivity contribution in [2.75, 3.05) is 38.3 Å². The lowest BCUT2D eigenvalue weighted by atomic mass is 10.2. The molecule has 0 spiro atoms. The summed E-state index contributed by atoms with van der Waals surface area (Å²) in [5.41, 5.74) is 1.83. The number of morpholine rings is 1. The molecule has 2 aromatic rings. The van der Waals surface area contributed by atoms with Gasteiger partial charge in [0.1, 0.15) is 0 Å². The Kier molecular flexibility index (Phi) is 7.07. The molecule has 4 nitrogen and oxygen atoms in total. The van der Waals surface area contributed by atoms with Gasteiger partial charge in [-0.25, -0.2) is 4.79 Å². The summed E-state index contributed by atoms with van der Waals surface area (Å²) in [5.74, 6) is -0.444. The molecule has 0 amide bonds. The van der Waals surface area contributed by atoms with Crippen LogP contribution in [0.4, 0.5) is 5.69 Å². The lowest BCUT2D eigenvalue weighted by Gasteiger charge is -2.29. The molecule has 0 aliphatic carbocycles. The van der Waals surface area contributed by atoms with Crippen LogP contribution in [0.5, 0.6) is 0 Å². The topological polar surface area (TPSA) is 38.8 Å². The number of hydrogen-bond donors (Lipinski definition) is 0. The van der Waals surface area contributed by atoms with Crippen molar-refractivity contribution in [3.8, 4) is 0 Å². The fourth-order valence-corrected chi connectivity index (χ4v) is 4.15. The molecular weight excluding hydrogens is 405 g/mol. The van der Waals surface area contributed by atoms with E-state index in [2.05, 4.69) is 21.8 Å². The molecule has 3 rings (SSSR count). The molecule has 2 aromatic carbocycles. The van der Waals surface area contributed by atoms with Gasteiger partial charge >= 0.3 is 5.97 Å². The monoisotopic (exact) mass is 423 g/mol. The highest BCUT2D eigenvalue weighted by molar-refractivity contribution is 7.99. The molecule has 0 saturated carbocycles.